The molecule has 0 aromatic rings. The van der Waals surface area contributed by atoms with Crippen molar-refractivity contribution in [2.24, 2.45) is 5.92 Å². The van der Waals surface area contributed by atoms with Crippen LogP contribution < -0.4 is 5.32 Å². The Morgan fingerprint density at radius 3 is 2.28 bits per heavy atom. The fourth-order valence-corrected chi connectivity index (χ4v) is 2.42. The van der Waals surface area contributed by atoms with E-state index in [0.717, 1.165) is 19.6 Å². The Hall–Kier alpha value is -0.0300. The third-order valence-corrected chi connectivity index (χ3v) is 3.12. The lowest BCUT2D eigenvalue weighted by Gasteiger charge is -2.37. The molecule has 2 atom stereocenters. The highest BCUT2D eigenvalue weighted by molar-refractivity contribution is 5.85. The Bertz CT molecular complexity index is 241. The molecule has 0 aromatic carbocycles. The molecule has 6 heteroatoms. The SMILES string of the molecule is CC1CN(C(=O)C(C(C)C)N(C)C)CCN1.Cl.Cl. The summed E-state index contributed by atoms with van der Waals surface area (Å²) in [4.78, 5) is 16.4. The van der Waals surface area contributed by atoms with Crippen molar-refractivity contribution in [3.05, 3.63) is 0 Å². The summed E-state index contributed by atoms with van der Waals surface area (Å²) in [5, 5.41) is 3.36. The highest BCUT2D eigenvalue weighted by Gasteiger charge is 2.30. The van der Waals surface area contributed by atoms with Crippen molar-refractivity contribution in [1.29, 1.82) is 0 Å². The van der Waals surface area contributed by atoms with Crippen molar-refractivity contribution in [2.75, 3.05) is 33.7 Å². The summed E-state index contributed by atoms with van der Waals surface area (Å²) in [6.45, 7) is 8.91. The molecule has 1 saturated heterocycles. The van der Waals surface area contributed by atoms with E-state index in [0.29, 0.717) is 12.0 Å². The second-order valence-electron chi connectivity index (χ2n) is 5.29. The Morgan fingerprint density at radius 2 is 1.89 bits per heavy atom. The van der Waals surface area contributed by atoms with Crippen LogP contribution in [0.4, 0.5) is 0 Å². The van der Waals surface area contributed by atoms with Gasteiger partial charge in [0.25, 0.3) is 0 Å². The number of likely N-dealkylation sites (N-methyl/N-ethyl adjacent to an activating group) is 1. The molecule has 0 radical (unpaired) electrons. The summed E-state index contributed by atoms with van der Waals surface area (Å²) < 4.78 is 0. The van der Waals surface area contributed by atoms with Gasteiger partial charge in [-0.1, -0.05) is 13.8 Å². The Kier molecular flexibility index (Phi) is 10.1. The highest BCUT2D eigenvalue weighted by Crippen LogP contribution is 2.12. The average Bonchev–Trinajstić information content (AvgIpc) is 2.16. The van der Waals surface area contributed by atoms with Crippen LogP contribution in [0.3, 0.4) is 0 Å². The number of nitrogens with zero attached hydrogens (tertiary/aromatic N) is 2. The normalized spacial score (nSPS) is 21.3. The minimum Gasteiger partial charge on any atom is -0.339 e. The first-order chi connectivity index (χ1) is 7.43. The molecule has 1 aliphatic rings. The van der Waals surface area contributed by atoms with E-state index in [1.54, 1.807) is 0 Å². The van der Waals surface area contributed by atoms with Crippen LogP contribution in [0, 0.1) is 5.92 Å². The van der Waals surface area contributed by atoms with Crippen molar-refractivity contribution in [1.82, 2.24) is 15.1 Å². The maximum Gasteiger partial charge on any atom is 0.240 e. The van der Waals surface area contributed by atoms with Crippen molar-refractivity contribution in [3.8, 4) is 0 Å². The molecule has 1 heterocycles. The standard InChI is InChI=1S/C12H25N3O.2ClH/c1-9(2)11(14(4)5)12(16)15-7-6-13-10(3)8-15;;/h9-11,13H,6-8H2,1-5H3;2*1H. The summed E-state index contributed by atoms with van der Waals surface area (Å²) in [6, 6.07) is 0.415. The van der Waals surface area contributed by atoms with E-state index in [4.69, 9.17) is 0 Å². The molecule has 0 aromatic heterocycles. The van der Waals surface area contributed by atoms with Crippen LogP contribution in [0.15, 0.2) is 0 Å². The Morgan fingerprint density at radius 1 is 1.33 bits per heavy atom. The predicted molar refractivity (Wildman–Crippen MR) is 80.9 cm³/mol. The molecule has 110 valence electrons. The fourth-order valence-electron chi connectivity index (χ4n) is 2.42. The molecule has 1 amide bonds. The van der Waals surface area contributed by atoms with Crippen LogP contribution in [0.2, 0.25) is 0 Å². The predicted octanol–water partition coefficient (Wildman–Crippen LogP) is 1.24. The lowest BCUT2D eigenvalue weighted by Crippen LogP contribution is -2.56. The summed E-state index contributed by atoms with van der Waals surface area (Å²) in [5.74, 6) is 0.626. The van der Waals surface area contributed by atoms with Gasteiger partial charge in [-0.2, -0.15) is 0 Å². The van der Waals surface area contributed by atoms with Gasteiger partial charge in [0, 0.05) is 25.7 Å². The largest absolute Gasteiger partial charge is 0.339 e. The number of amides is 1. The van der Waals surface area contributed by atoms with Crippen LogP contribution in [-0.4, -0.2) is 61.5 Å². The van der Waals surface area contributed by atoms with Crippen molar-refractivity contribution in [3.63, 3.8) is 0 Å². The van der Waals surface area contributed by atoms with Crippen LogP contribution in [0.5, 0.6) is 0 Å². The quantitative estimate of drug-likeness (QED) is 0.852. The maximum absolute atomic E-state index is 12.4. The molecule has 18 heavy (non-hydrogen) atoms. The molecule has 2 unspecified atom stereocenters. The van der Waals surface area contributed by atoms with Gasteiger partial charge < -0.3 is 10.2 Å². The highest BCUT2D eigenvalue weighted by atomic mass is 35.5. The number of rotatable bonds is 3. The summed E-state index contributed by atoms with van der Waals surface area (Å²) in [7, 11) is 3.96. The molecule has 0 saturated carbocycles. The number of hydrogen-bond donors (Lipinski definition) is 1. The van der Waals surface area contributed by atoms with E-state index in [9.17, 15) is 4.79 Å². The van der Waals surface area contributed by atoms with Gasteiger partial charge in [0.05, 0.1) is 6.04 Å². The van der Waals surface area contributed by atoms with Gasteiger partial charge in [-0.15, -0.1) is 24.8 Å². The Labute approximate surface area is 123 Å². The number of nitrogens with one attached hydrogen (secondary N) is 1. The third kappa shape index (κ3) is 5.31. The zero-order chi connectivity index (χ0) is 12.3. The smallest absolute Gasteiger partial charge is 0.240 e. The molecular weight excluding hydrogens is 273 g/mol. The molecule has 1 rings (SSSR count). The van der Waals surface area contributed by atoms with Crippen LogP contribution in [0.25, 0.3) is 0 Å². The van der Waals surface area contributed by atoms with Crippen LogP contribution in [-0.2, 0) is 4.79 Å². The average molecular weight is 300 g/mol. The third-order valence-electron chi connectivity index (χ3n) is 3.12. The minimum absolute atomic E-state index is 0. The van der Waals surface area contributed by atoms with E-state index in [2.05, 4.69) is 26.1 Å². The molecule has 0 spiro atoms. The van der Waals surface area contributed by atoms with Crippen LogP contribution >= 0.6 is 24.8 Å². The monoisotopic (exact) mass is 299 g/mol. The molecule has 0 aliphatic carbocycles. The second-order valence-corrected chi connectivity index (χ2v) is 5.29. The Balaban J connectivity index is 0. The van der Waals surface area contributed by atoms with Crippen LogP contribution in [0.1, 0.15) is 20.8 Å². The van der Waals surface area contributed by atoms with E-state index < -0.39 is 0 Å². The van der Waals surface area contributed by atoms with Gasteiger partial charge in [-0.25, -0.2) is 0 Å². The topological polar surface area (TPSA) is 35.6 Å². The molecule has 1 N–H and O–H groups in total. The van der Waals surface area contributed by atoms with Crippen molar-refractivity contribution in [2.45, 2.75) is 32.9 Å². The zero-order valence-corrected chi connectivity index (χ0v) is 13.6. The number of halogens is 2. The van der Waals surface area contributed by atoms with Gasteiger partial charge in [-0.05, 0) is 26.9 Å². The van der Waals surface area contributed by atoms with Gasteiger partial charge in [0.15, 0.2) is 0 Å². The molecule has 1 fully saturated rings. The number of carbonyl (C=O) groups excluding carboxylic acids is 1. The molecule has 1 aliphatic heterocycles. The van der Waals surface area contributed by atoms with Crippen molar-refractivity contribution < 1.29 is 4.79 Å². The first-order valence-electron chi connectivity index (χ1n) is 6.12. The van der Waals surface area contributed by atoms with Crippen molar-refractivity contribution >= 4 is 30.7 Å². The van der Waals surface area contributed by atoms with Gasteiger partial charge in [0.2, 0.25) is 5.91 Å². The van der Waals surface area contributed by atoms with E-state index in [-0.39, 0.29) is 36.8 Å². The first kappa shape index (κ1) is 20.3. The van der Waals surface area contributed by atoms with E-state index in [1.165, 1.54) is 0 Å². The lowest BCUT2D eigenvalue weighted by atomic mass is 10.0. The lowest BCUT2D eigenvalue weighted by molar-refractivity contribution is -0.138. The first-order valence-corrected chi connectivity index (χ1v) is 6.12. The fraction of sp³-hybridized carbons (Fsp3) is 0.917. The van der Waals surface area contributed by atoms with Gasteiger partial charge in [0.1, 0.15) is 0 Å². The zero-order valence-electron chi connectivity index (χ0n) is 12.0. The molecule has 4 nitrogen and oxygen atoms in total. The number of hydrogen-bond acceptors (Lipinski definition) is 3. The van der Waals surface area contributed by atoms with Gasteiger partial charge in [-0.3, -0.25) is 9.69 Å². The minimum atomic E-state index is 0. The number of piperazine rings is 1. The van der Waals surface area contributed by atoms with Gasteiger partial charge >= 0.3 is 0 Å². The molecular formula is C12H27Cl2N3O. The summed E-state index contributed by atoms with van der Waals surface area (Å²) in [5.41, 5.74) is 0. The summed E-state index contributed by atoms with van der Waals surface area (Å²) in [6.07, 6.45) is 0. The second kappa shape index (κ2) is 8.97. The summed E-state index contributed by atoms with van der Waals surface area (Å²) >= 11 is 0. The maximum atomic E-state index is 12.4. The molecule has 0 bridgehead atoms. The van der Waals surface area contributed by atoms with E-state index in [1.807, 2.05) is 23.9 Å². The van der Waals surface area contributed by atoms with E-state index >= 15 is 0 Å². The number of carbonyl (C=O) groups is 1.